The first-order chi connectivity index (χ1) is 5.33. The Hall–Kier alpha value is -0.0800. The van der Waals surface area contributed by atoms with Crippen LogP contribution in [0.3, 0.4) is 0 Å². The molecule has 1 fully saturated rings. The Morgan fingerprint density at radius 1 is 1.64 bits per heavy atom. The van der Waals surface area contributed by atoms with E-state index in [1.807, 2.05) is 0 Å². The lowest BCUT2D eigenvalue weighted by Gasteiger charge is -2.13. The second kappa shape index (κ2) is 4.73. The molecule has 1 N–H and O–H groups in total. The van der Waals surface area contributed by atoms with Gasteiger partial charge in [0.05, 0.1) is 12.2 Å². The van der Waals surface area contributed by atoms with Crippen LogP contribution >= 0.6 is 0 Å². The molecule has 0 aromatic carbocycles. The van der Waals surface area contributed by atoms with Crippen molar-refractivity contribution in [3.63, 3.8) is 0 Å². The quantitative estimate of drug-likeness (QED) is 0.675. The first kappa shape index (κ1) is 9.01. The molecule has 1 rings (SSSR count). The van der Waals surface area contributed by atoms with Crippen LogP contribution in [0.4, 0.5) is 0 Å². The molecule has 11 heavy (non-hydrogen) atoms. The highest BCUT2D eigenvalue weighted by Gasteiger charge is 2.18. The predicted octanol–water partition coefficient (Wildman–Crippen LogP) is 1.72. The highest BCUT2D eigenvalue weighted by Crippen LogP contribution is 2.18. The maximum absolute atomic E-state index is 9.43. The molecule has 0 radical (unpaired) electrons. The van der Waals surface area contributed by atoms with Gasteiger partial charge in [-0.2, -0.15) is 0 Å². The normalized spacial score (nSPS) is 27.3. The Bertz CT molecular complexity index is 97.7. The van der Waals surface area contributed by atoms with Crippen LogP contribution in [0.15, 0.2) is 0 Å². The third-order valence-corrected chi connectivity index (χ3v) is 2.18. The number of ether oxygens (including phenoxy) is 1. The van der Waals surface area contributed by atoms with Crippen molar-refractivity contribution in [2.24, 2.45) is 0 Å². The van der Waals surface area contributed by atoms with E-state index in [2.05, 4.69) is 6.92 Å². The van der Waals surface area contributed by atoms with Crippen LogP contribution in [0, 0.1) is 0 Å². The first-order valence-electron chi connectivity index (χ1n) is 4.62. The Balaban J connectivity index is 2.08. The average molecular weight is 158 g/mol. The molecule has 0 amide bonds. The molecule has 0 spiro atoms. The predicted molar refractivity (Wildman–Crippen MR) is 44.5 cm³/mol. The molecule has 0 unspecified atom stereocenters. The first-order valence-corrected chi connectivity index (χ1v) is 4.62. The summed E-state index contributed by atoms with van der Waals surface area (Å²) in [6, 6.07) is 0. The molecule has 1 aliphatic rings. The second-order valence-corrected chi connectivity index (χ2v) is 3.31. The smallest absolute Gasteiger partial charge is 0.0600 e. The lowest BCUT2D eigenvalue weighted by molar-refractivity contribution is 0.0504. The van der Waals surface area contributed by atoms with E-state index in [9.17, 15) is 5.11 Å². The van der Waals surface area contributed by atoms with Crippen LogP contribution in [0.2, 0.25) is 0 Å². The van der Waals surface area contributed by atoms with Crippen molar-refractivity contribution in [3.05, 3.63) is 0 Å². The zero-order valence-electron chi connectivity index (χ0n) is 7.25. The Labute approximate surface area is 68.6 Å². The summed E-state index contributed by atoms with van der Waals surface area (Å²) < 4.78 is 5.41. The summed E-state index contributed by atoms with van der Waals surface area (Å²) >= 11 is 0. The van der Waals surface area contributed by atoms with Crippen LogP contribution in [0.5, 0.6) is 0 Å². The average Bonchev–Trinajstić information content (AvgIpc) is 2.40. The van der Waals surface area contributed by atoms with Crippen LogP contribution in [-0.4, -0.2) is 23.9 Å². The Morgan fingerprint density at radius 3 is 3.00 bits per heavy atom. The maximum Gasteiger partial charge on any atom is 0.0600 e. The second-order valence-electron chi connectivity index (χ2n) is 3.31. The van der Waals surface area contributed by atoms with Crippen LogP contribution < -0.4 is 0 Å². The monoisotopic (exact) mass is 158 g/mol. The molecule has 0 aromatic heterocycles. The van der Waals surface area contributed by atoms with Gasteiger partial charge in [0, 0.05) is 6.61 Å². The molecule has 2 heteroatoms. The van der Waals surface area contributed by atoms with E-state index in [0.29, 0.717) is 6.10 Å². The SMILES string of the molecule is CCC[C@@H](O)C[C@H]1CCCO1. The minimum absolute atomic E-state index is 0.136. The fraction of sp³-hybridized carbons (Fsp3) is 1.00. The number of aliphatic hydroxyl groups is 1. The zero-order chi connectivity index (χ0) is 8.10. The van der Waals surface area contributed by atoms with Gasteiger partial charge in [0.1, 0.15) is 0 Å². The van der Waals surface area contributed by atoms with Crippen LogP contribution in [-0.2, 0) is 4.74 Å². The molecule has 1 saturated heterocycles. The highest BCUT2D eigenvalue weighted by atomic mass is 16.5. The van der Waals surface area contributed by atoms with Crippen molar-refractivity contribution >= 4 is 0 Å². The molecular formula is C9H18O2. The van der Waals surface area contributed by atoms with Gasteiger partial charge in [0.15, 0.2) is 0 Å². The molecule has 2 atom stereocenters. The molecule has 1 aliphatic heterocycles. The lowest BCUT2D eigenvalue weighted by atomic mass is 10.1. The summed E-state index contributed by atoms with van der Waals surface area (Å²) in [6.45, 7) is 2.99. The van der Waals surface area contributed by atoms with Crippen molar-refractivity contribution in [2.45, 2.75) is 51.2 Å². The summed E-state index contributed by atoms with van der Waals surface area (Å²) in [5.41, 5.74) is 0. The lowest BCUT2D eigenvalue weighted by Crippen LogP contribution is -2.16. The Morgan fingerprint density at radius 2 is 2.45 bits per heavy atom. The van der Waals surface area contributed by atoms with Gasteiger partial charge in [-0.05, 0) is 25.7 Å². The van der Waals surface area contributed by atoms with Gasteiger partial charge in [-0.3, -0.25) is 0 Å². The van der Waals surface area contributed by atoms with E-state index in [0.717, 1.165) is 32.3 Å². The molecule has 1 heterocycles. The molecule has 2 nitrogen and oxygen atoms in total. The Kier molecular flexibility index (Phi) is 3.87. The van der Waals surface area contributed by atoms with E-state index >= 15 is 0 Å². The number of aliphatic hydroxyl groups excluding tert-OH is 1. The van der Waals surface area contributed by atoms with E-state index < -0.39 is 0 Å². The van der Waals surface area contributed by atoms with Gasteiger partial charge in [-0.1, -0.05) is 13.3 Å². The van der Waals surface area contributed by atoms with Crippen molar-refractivity contribution in [1.82, 2.24) is 0 Å². The van der Waals surface area contributed by atoms with E-state index in [-0.39, 0.29) is 6.10 Å². The summed E-state index contributed by atoms with van der Waals surface area (Å²) in [5.74, 6) is 0. The van der Waals surface area contributed by atoms with Crippen molar-refractivity contribution in [1.29, 1.82) is 0 Å². The van der Waals surface area contributed by atoms with Crippen molar-refractivity contribution < 1.29 is 9.84 Å². The molecule has 0 aliphatic carbocycles. The molecule has 0 aromatic rings. The van der Waals surface area contributed by atoms with E-state index in [4.69, 9.17) is 4.74 Å². The maximum atomic E-state index is 9.43. The fourth-order valence-corrected chi connectivity index (χ4v) is 1.58. The van der Waals surface area contributed by atoms with Gasteiger partial charge in [-0.15, -0.1) is 0 Å². The minimum Gasteiger partial charge on any atom is -0.393 e. The van der Waals surface area contributed by atoms with Gasteiger partial charge >= 0.3 is 0 Å². The summed E-state index contributed by atoms with van der Waals surface area (Å²) in [7, 11) is 0. The van der Waals surface area contributed by atoms with Gasteiger partial charge in [0.25, 0.3) is 0 Å². The highest BCUT2D eigenvalue weighted by molar-refractivity contribution is 4.69. The van der Waals surface area contributed by atoms with Gasteiger partial charge < -0.3 is 9.84 Å². The third kappa shape index (κ3) is 3.21. The molecule has 0 saturated carbocycles. The molecule has 0 bridgehead atoms. The van der Waals surface area contributed by atoms with Gasteiger partial charge in [-0.25, -0.2) is 0 Å². The fourth-order valence-electron chi connectivity index (χ4n) is 1.58. The molecular weight excluding hydrogens is 140 g/mol. The van der Waals surface area contributed by atoms with E-state index in [1.165, 1.54) is 6.42 Å². The van der Waals surface area contributed by atoms with Crippen LogP contribution in [0.1, 0.15) is 39.0 Å². The zero-order valence-corrected chi connectivity index (χ0v) is 7.25. The summed E-state index contributed by atoms with van der Waals surface area (Å²) in [5, 5.41) is 9.43. The number of rotatable bonds is 4. The standard InChI is InChI=1S/C9H18O2/c1-2-4-8(10)7-9-5-3-6-11-9/h8-10H,2-7H2,1H3/t8-,9-/m1/s1. The van der Waals surface area contributed by atoms with Crippen molar-refractivity contribution in [2.75, 3.05) is 6.61 Å². The topological polar surface area (TPSA) is 29.5 Å². The van der Waals surface area contributed by atoms with Gasteiger partial charge in [0.2, 0.25) is 0 Å². The summed E-state index contributed by atoms with van der Waals surface area (Å²) in [4.78, 5) is 0. The minimum atomic E-state index is -0.136. The third-order valence-electron chi connectivity index (χ3n) is 2.18. The van der Waals surface area contributed by atoms with Crippen LogP contribution in [0.25, 0.3) is 0 Å². The van der Waals surface area contributed by atoms with E-state index in [1.54, 1.807) is 0 Å². The summed E-state index contributed by atoms with van der Waals surface area (Å²) in [6.07, 6.45) is 5.34. The number of hydrogen-bond donors (Lipinski definition) is 1. The number of hydrogen-bond acceptors (Lipinski definition) is 2. The molecule has 66 valence electrons. The van der Waals surface area contributed by atoms with Crippen molar-refractivity contribution in [3.8, 4) is 0 Å². The largest absolute Gasteiger partial charge is 0.393 e.